The number of ether oxygens (including phenoxy) is 1. The van der Waals surface area contributed by atoms with Crippen molar-refractivity contribution in [3.8, 4) is 0 Å². The topological polar surface area (TPSA) is 134 Å². The Labute approximate surface area is 137 Å². The van der Waals surface area contributed by atoms with Gasteiger partial charge in [0.05, 0.1) is 12.3 Å². The molecule has 3 N–H and O–H groups in total. The SMILES string of the molecule is CCOC(=O)c1cc(C(=O)Nc2cn(CC)nc2C(N)=O)nn1C. The molecular weight excluding hydrogens is 316 g/mol. The molecule has 0 aliphatic heterocycles. The lowest BCUT2D eigenvalue weighted by molar-refractivity contribution is 0.0513. The Bertz CT molecular complexity index is 791. The summed E-state index contributed by atoms with van der Waals surface area (Å²) in [7, 11) is 1.52. The standard InChI is InChI=1S/C14H18N6O4/c1-4-20-7-9(11(18-20)12(15)21)16-13(22)8-6-10(19(3)17-8)14(23)24-5-2/h6-7H,4-5H2,1-3H3,(H2,15,21)(H,16,22). The zero-order valence-corrected chi connectivity index (χ0v) is 13.6. The van der Waals surface area contributed by atoms with Crippen LogP contribution in [0.4, 0.5) is 5.69 Å². The number of amides is 2. The lowest BCUT2D eigenvalue weighted by Crippen LogP contribution is -2.18. The number of aromatic nitrogens is 4. The van der Waals surface area contributed by atoms with Crippen LogP contribution >= 0.6 is 0 Å². The summed E-state index contributed by atoms with van der Waals surface area (Å²) in [5.74, 6) is -1.94. The van der Waals surface area contributed by atoms with Crippen LogP contribution in [0.1, 0.15) is 45.3 Å². The first kappa shape index (κ1) is 17.2. The minimum Gasteiger partial charge on any atom is -0.461 e. The summed E-state index contributed by atoms with van der Waals surface area (Å²) in [5, 5.41) is 10.5. The number of anilines is 1. The number of carbonyl (C=O) groups excluding carboxylic acids is 3. The van der Waals surface area contributed by atoms with Crippen molar-refractivity contribution in [2.24, 2.45) is 12.8 Å². The number of primary amides is 1. The van der Waals surface area contributed by atoms with E-state index >= 15 is 0 Å². The summed E-state index contributed by atoms with van der Waals surface area (Å²) in [5.41, 5.74) is 5.52. The Morgan fingerprint density at radius 2 is 2.00 bits per heavy atom. The quantitative estimate of drug-likeness (QED) is 0.723. The van der Waals surface area contributed by atoms with Crippen molar-refractivity contribution >= 4 is 23.5 Å². The van der Waals surface area contributed by atoms with E-state index in [2.05, 4.69) is 15.5 Å². The van der Waals surface area contributed by atoms with Gasteiger partial charge < -0.3 is 15.8 Å². The molecule has 128 valence electrons. The third-order valence-electron chi connectivity index (χ3n) is 3.16. The van der Waals surface area contributed by atoms with Crippen molar-refractivity contribution in [1.29, 1.82) is 0 Å². The van der Waals surface area contributed by atoms with Crippen molar-refractivity contribution < 1.29 is 19.1 Å². The number of nitrogens with zero attached hydrogens (tertiary/aromatic N) is 4. The van der Waals surface area contributed by atoms with Gasteiger partial charge in [0.2, 0.25) is 0 Å². The van der Waals surface area contributed by atoms with Gasteiger partial charge in [-0.25, -0.2) is 4.79 Å². The molecule has 0 unspecified atom stereocenters. The van der Waals surface area contributed by atoms with E-state index in [-0.39, 0.29) is 29.4 Å². The van der Waals surface area contributed by atoms with Crippen LogP contribution < -0.4 is 11.1 Å². The third-order valence-corrected chi connectivity index (χ3v) is 3.16. The summed E-state index contributed by atoms with van der Waals surface area (Å²) >= 11 is 0. The Balaban J connectivity index is 2.25. The highest BCUT2D eigenvalue weighted by atomic mass is 16.5. The molecule has 0 aliphatic rings. The molecule has 0 aliphatic carbocycles. The van der Waals surface area contributed by atoms with E-state index in [1.54, 1.807) is 6.92 Å². The van der Waals surface area contributed by atoms with Crippen LogP contribution in [0, 0.1) is 0 Å². The van der Waals surface area contributed by atoms with Crippen molar-refractivity contribution in [2.45, 2.75) is 20.4 Å². The first-order chi connectivity index (χ1) is 11.4. The maximum atomic E-state index is 12.3. The number of nitrogens with one attached hydrogen (secondary N) is 1. The van der Waals surface area contributed by atoms with Crippen LogP contribution in [0.3, 0.4) is 0 Å². The van der Waals surface area contributed by atoms with E-state index in [0.717, 1.165) is 0 Å². The highest BCUT2D eigenvalue weighted by Gasteiger charge is 2.21. The van der Waals surface area contributed by atoms with Crippen LogP contribution in [0.15, 0.2) is 12.3 Å². The molecule has 10 nitrogen and oxygen atoms in total. The van der Waals surface area contributed by atoms with Gasteiger partial charge in [0, 0.05) is 25.9 Å². The zero-order valence-electron chi connectivity index (χ0n) is 13.6. The van der Waals surface area contributed by atoms with Gasteiger partial charge in [-0.1, -0.05) is 0 Å². The lowest BCUT2D eigenvalue weighted by Gasteiger charge is -2.00. The normalized spacial score (nSPS) is 10.5. The van der Waals surface area contributed by atoms with Gasteiger partial charge in [0.15, 0.2) is 11.4 Å². The molecule has 0 saturated heterocycles. The average molecular weight is 334 g/mol. The van der Waals surface area contributed by atoms with Crippen LogP contribution in [-0.4, -0.2) is 44.0 Å². The summed E-state index contributed by atoms with van der Waals surface area (Å²) < 4.78 is 7.60. The van der Waals surface area contributed by atoms with E-state index in [9.17, 15) is 14.4 Å². The van der Waals surface area contributed by atoms with Crippen LogP contribution in [0.2, 0.25) is 0 Å². The molecule has 0 saturated carbocycles. The van der Waals surface area contributed by atoms with Crippen molar-refractivity contribution in [3.05, 3.63) is 29.3 Å². The number of esters is 1. The molecule has 0 radical (unpaired) electrons. The second-order valence-corrected chi connectivity index (χ2v) is 4.82. The molecule has 0 spiro atoms. The van der Waals surface area contributed by atoms with Crippen LogP contribution in [0.25, 0.3) is 0 Å². The highest BCUT2D eigenvalue weighted by Crippen LogP contribution is 2.15. The highest BCUT2D eigenvalue weighted by molar-refractivity contribution is 6.07. The maximum Gasteiger partial charge on any atom is 0.356 e. The smallest absolute Gasteiger partial charge is 0.356 e. The second-order valence-electron chi connectivity index (χ2n) is 4.82. The lowest BCUT2D eigenvalue weighted by atomic mass is 10.3. The minimum absolute atomic E-state index is 0.000205. The maximum absolute atomic E-state index is 12.3. The summed E-state index contributed by atoms with van der Waals surface area (Å²) in [6, 6.07) is 1.31. The number of carbonyl (C=O) groups is 3. The van der Waals surface area contributed by atoms with E-state index in [1.165, 1.54) is 28.7 Å². The Kier molecular flexibility index (Phi) is 4.97. The molecule has 2 amide bonds. The fraction of sp³-hybridized carbons (Fsp3) is 0.357. The number of hydrogen-bond acceptors (Lipinski definition) is 6. The van der Waals surface area contributed by atoms with Gasteiger partial charge in [0.1, 0.15) is 5.69 Å². The molecule has 0 aromatic carbocycles. The van der Waals surface area contributed by atoms with Gasteiger partial charge in [-0.15, -0.1) is 0 Å². The van der Waals surface area contributed by atoms with E-state index in [4.69, 9.17) is 10.5 Å². The van der Waals surface area contributed by atoms with E-state index < -0.39 is 17.8 Å². The van der Waals surface area contributed by atoms with Gasteiger partial charge >= 0.3 is 5.97 Å². The number of aryl methyl sites for hydroxylation is 2. The molecule has 2 aromatic rings. The Morgan fingerprint density at radius 1 is 1.29 bits per heavy atom. The fourth-order valence-corrected chi connectivity index (χ4v) is 2.02. The number of rotatable bonds is 6. The van der Waals surface area contributed by atoms with Gasteiger partial charge in [-0.3, -0.25) is 19.0 Å². The minimum atomic E-state index is -0.759. The monoisotopic (exact) mass is 334 g/mol. The summed E-state index contributed by atoms with van der Waals surface area (Å²) in [4.78, 5) is 35.5. The predicted molar refractivity (Wildman–Crippen MR) is 83.5 cm³/mol. The zero-order chi connectivity index (χ0) is 17.9. The van der Waals surface area contributed by atoms with Crippen molar-refractivity contribution in [2.75, 3.05) is 11.9 Å². The first-order valence-corrected chi connectivity index (χ1v) is 7.27. The molecule has 2 aromatic heterocycles. The molecule has 2 rings (SSSR count). The van der Waals surface area contributed by atoms with Gasteiger partial charge in [-0.2, -0.15) is 10.2 Å². The molecule has 0 atom stereocenters. The molecule has 24 heavy (non-hydrogen) atoms. The largest absolute Gasteiger partial charge is 0.461 e. The van der Waals surface area contributed by atoms with Crippen molar-refractivity contribution in [3.63, 3.8) is 0 Å². The van der Waals surface area contributed by atoms with Gasteiger partial charge in [-0.05, 0) is 13.8 Å². The van der Waals surface area contributed by atoms with Gasteiger partial charge in [0.25, 0.3) is 11.8 Å². The number of hydrogen-bond donors (Lipinski definition) is 2. The molecule has 10 heteroatoms. The van der Waals surface area contributed by atoms with Crippen molar-refractivity contribution in [1.82, 2.24) is 19.6 Å². The predicted octanol–water partition coefficient (Wildman–Crippen LogP) is 0.164. The Hall–Kier alpha value is -3.17. The first-order valence-electron chi connectivity index (χ1n) is 7.27. The van der Waals surface area contributed by atoms with Crippen LogP contribution in [-0.2, 0) is 18.3 Å². The Morgan fingerprint density at radius 3 is 2.58 bits per heavy atom. The molecule has 0 bridgehead atoms. The second kappa shape index (κ2) is 6.94. The third kappa shape index (κ3) is 3.42. The van der Waals surface area contributed by atoms with E-state index in [0.29, 0.717) is 6.54 Å². The molecular formula is C14H18N6O4. The fourth-order valence-electron chi connectivity index (χ4n) is 2.02. The number of nitrogens with two attached hydrogens (primary N) is 1. The molecule has 2 heterocycles. The van der Waals surface area contributed by atoms with Crippen LogP contribution in [0.5, 0.6) is 0 Å². The average Bonchev–Trinajstić information content (AvgIpc) is 3.11. The van der Waals surface area contributed by atoms with E-state index in [1.807, 2.05) is 6.92 Å². The summed E-state index contributed by atoms with van der Waals surface area (Å²) in [6.45, 7) is 4.23. The molecule has 0 fully saturated rings. The summed E-state index contributed by atoms with van der Waals surface area (Å²) in [6.07, 6.45) is 1.49.